The van der Waals surface area contributed by atoms with E-state index in [4.69, 9.17) is 5.14 Å². The molecule has 2 N–H and O–H groups in total. The van der Waals surface area contributed by atoms with Gasteiger partial charge in [0.25, 0.3) is 0 Å². The number of sulfonamides is 1. The van der Waals surface area contributed by atoms with E-state index in [1.807, 2.05) is 11.9 Å². The Bertz CT molecular complexity index is 879. The van der Waals surface area contributed by atoms with Gasteiger partial charge in [0.15, 0.2) is 9.34 Å². The molecule has 1 heterocycles. The van der Waals surface area contributed by atoms with Gasteiger partial charge in [-0.3, -0.25) is 0 Å². The highest BCUT2D eigenvalue weighted by Gasteiger charge is 2.34. The molecule has 1 aromatic heterocycles. The van der Waals surface area contributed by atoms with Crippen LogP contribution in [0.25, 0.3) is 0 Å². The summed E-state index contributed by atoms with van der Waals surface area (Å²) in [6, 6.07) is 5.29. The van der Waals surface area contributed by atoms with Crippen molar-refractivity contribution in [2.75, 3.05) is 11.9 Å². The Morgan fingerprint density at radius 1 is 1.23 bits per heavy atom. The molecule has 3 rings (SSSR count). The van der Waals surface area contributed by atoms with Crippen molar-refractivity contribution < 1.29 is 21.6 Å². The summed E-state index contributed by atoms with van der Waals surface area (Å²) in [5, 5.41) is 5.65. The van der Waals surface area contributed by atoms with E-state index in [0.717, 1.165) is 48.3 Å². The third-order valence-electron chi connectivity index (χ3n) is 4.70. The molecule has 1 aliphatic carbocycles. The van der Waals surface area contributed by atoms with Crippen LogP contribution >= 0.6 is 11.3 Å². The van der Waals surface area contributed by atoms with Gasteiger partial charge in [0.1, 0.15) is 0 Å². The van der Waals surface area contributed by atoms with E-state index in [0.29, 0.717) is 5.13 Å². The van der Waals surface area contributed by atoms with Gasteiger partial charge in [0.05, 0.1) is 11.8 Å². The van der Waals surface area contributed by atoms with Crippen LogP contribution in [0.2, 0.25) is 0 Å². The predicted molar refractivity (Wildman–Crippen MR) is 93.7 cm³/mol. The van der Waals surface area contributed by atoms with Crippen molar-refractivity contribution in [3.05, 3.63) is 41.6 Å². The minimum atomic E-state index is -4.35. The molecule has 1 fully saturated rings. The Morgan fingerprint density at radius 2 is 1.88 bits per heavy atom. The third kappa shape index (κ3) is 3.86. The van der Waals surface area contributed by atoms with Crippen LogP contribution in [0.3, 0.4) is 0 Å². The van der Waals surface area contributed by atoms with Crippen LogP contribution in [0.15, 0.2) is 34.7 Å². The number of hydrogen-bond donors (Lipinski definition) is 1. The van der Waals surface area contributed by atoms with Crippen LogP contribution in [0.5, 0.6) is 0 Å². The number of nitrogens with zero attached hydrogens (tertiary/aromatic N) is 2. The predicted octanol–water partition coefficient (Wildman–Crippen LogP) is 3.58. The fourth-order valence-corrected chi connectivity index (χ4v) is 4.96. The van der Waals surface area contributed by atoms with E-state index in [2.05, 4.69) is 4.98 Å². The number of aromatic nitrogens is 1. The summed E-state index contributed by atoms with van der Waals surface area (Å²) in [5.41, 5.74) is 0.178. The van der Waals surface area contributed by atoms with Crippen LogP contribution in [-0.4, -0.2) is 26.5 Å². The van der Waals surface area contributed by atoms with Crippen LogP contribution < -0.4 is 10.0 Å². The molecule has 0 aliphatic heterocycles. The lowest BCUT2D eigenvalue weighted by atomic mass is 9.92. The van der Waals surface area contributed by atoms with Crippen molar-refractivity contribution in [3.63, 3.8) is 0 Å². The standard InChI is InChI=1S/C16H18F3N3O2S2/c1-22(15-21-9-14(25-15)26(20,23)24)13-4-2-3-12(13)10-5-7-11(8-6-10)16(17,18)19/h5-9,12-13H,2-4H2,1H3,(H2,20,23,24)/t12-,13-/m0/s1. The largest absolute Gasteiger partial charge is 0.416 e. The monoisotopic (exact) mass is 405 g/mol. The number of halogens is 3. The van der Waals surface area contributed by atoms with E-state index >= 15 is 0 Å². The van der Waals surface area contributed by atoms with Gasteiger partial charge in [-0.25, -0.2) is 18.5 Å². The van der Waals surface area contributed by atoms with Gasteiger partial charge >= 0.3 is 6.18 Å². The van der Waals surface area contributed by atoms with E-state index in [9.17, 15) is 21.6 Å². The summed E-state index contributed by atoms with van der Waals surface area (Å²) in [6.07, 6.45) is -0.474. The average Bonchev–Trinajstić information content (AvgIpc) is 3.22. The van der Waals surface area contributed by atoms with Crippen molar-refractivity contribution in [1.82, 2.24) is 4.98 Å². The van der Waals surface area contributed by atoms with Crippen molar-refractivity contribution in [2.45, 2.75) is 41.6 Å². The van der Waals surface area contributed by atoms with Gasteiger partial charge in [-0.15, -0.1) is 0 Å². The molecular formula is C16H18F3N3O2S2. The minimum absolute atomic E-state index is 0.0107. The molecule has 0 amide bonds. The maximum atomic E-state index is 12.7. The van der Waals surface area contributed by atoms with Crippen molar-refractivity contribution >= 4 is 26.5 Å². The number of alkyl halides is 3. The molecule has 2 atom stereocenters. The molecule has 1 saturated carbocycles. The molecule has 2 aromatic rings. The lowest BCUT2D eigenvalue weighted by Crippen LogP contribution is -2.33. The highest BCUT2D eigenvalue weighted by molar-refractivity contribution is 7.91. The number of nitrogens with two attached hydrogens (primary N) is 1. The Hall–Kier alpha value is -1.65. The Labute approximate surface area is 153 Å². The molecule has 10 heteroatoms. The lowest BCUT2D eigenvalue weighted by Gasteiger charge is -2.30. The number of hydrogen-bond acceptors (Lipinski definition) is 5. The first-order chi connectivity index (χ1) is 12.1. The molecule has 0 spiro atoms. The van der Waals surface area contributed by atoms with Crippen molar-refractivity contribution in [1.29, 1.82) is 0 Å². The molecular weight excluding hydrogens is 387 g/mol. The van der Waals surface area contributed by atoms with Gasteiger partial charge in [-0.1, -0.05) is 29.9 Å². The Morgan fingerprint density at radius 3 is 2.42 bits per heavy atom. The Balaban J connectivity index is 1.82. The van der Waals surface area contributed by atoms with E-state index in [-0.39, 0.29) is 16.2 Å². The topological polar surface area (TPSA) is 76.3 Å². The molecule has 142 valence electrons. The number of benzene rings is 1. The second-order valence-electron chi connectivity index (χ2n) is 6.34. The molecule has 5 nitrogen and oxygen atoms in total. The maximum Gasteiger partial charge on any atom is 0.416 e. The first-order valence-electron chi connectivity index (χ1n) is 7.96. The van der Waals surface area contributed by atoms with Crippen LogP contribution in [-0.2, 0) is 16.2 Å². The average molecular weight is 405 g/mol. The number of thiazole rings is 1. The molecule has 1 aromatic carbocycles. The SMILES string of the molecule is CN(c1ncc(S(N)(=O)=O)s1)[C@H]1CCC[C@H]1c1ccc(C(F)(F)F)cc1. The summed E-state index contributed by atoms with van der Waals surface area (Å²) in [5.74, 6) is 0.0594. The van der Waals surface area contributed by atoms with Crippen molar-refractivity contribution in [3.8, 4) is 0 Å². The zero-order valence-corrected chi connectivity index (χ0v) is 15.5. The first-order valence-corrected chi connectivity index (χ1v) is 10.3. The van der Waals surface area contributed by atoms with Gasteiger partial charge < -0.3 is 4.90 Å². The summed E-state index contributed by atoms with van der Waals surface area (Å²) in [4.78, 5) is 6.04. The summed E-state index contributed by atoms with van der Waals surface area (Å²) in [6.45, 7) is 0. The number of likely N-dealkylation sites (N-methyl/N-ethyl adjacent to an activating group) is 1. The summed E-state index contributed by atoms with van der Waals surface area (Å²) < 4.78 is 61.1. The maximum absolute atomic E-state index is 12.7. The highest BCUT2D eigenvalue weighted by atomic mass is 32.2. The van der Waals surface area contributed by atoms with E-state index < -0.39 is 21.8 Å². The van der Waals surface area contributed by atoms with Gasteiger partial charge in [0, 0.05) is 19.0 Å². The zero-order chi connectivity index (χ0) is 19.1. The normalized spacial score (nSPS) is 21.1. The van der Waals surface area contributed by atoms with Gasteiger partial charge in [-0.2, -0.15) is 13.2 Å². The van der Waals surface area contributed by atoms with E-state index in [1.165, 1.54) is 18.3 Å². The number of anilines is 1. The molecule has 1 aliphatic rings. The molecule has 26 heavy (non-hydrogen) atoms. The van der Waals surface area contributed by atoms with Gasteiger partial charge in [0.2, 0.25) is 10.0 Å². The summed E-state index contributed by atoms with van der Waals surface area (Å²) >= 11 is 0.991. The fraction of sp³-hybridized carbons (Fsp3) is 0.438. The molecule has 0 unspecified atom stereocenters. The van der Waals surface area contributed by atoms with Crippen LogP contribution in [0, 0.1) is 0 Å². The van der Waals surface area contributed by atoms with Crippen LogP contribution in [0.1, 0.15) is 36.3 Å². The number of rotatable bonds is 4. The second kappa shape index (κ2) is 6.82. The Kier molecular flexibility index (Phi) is 5.02. The smallest absolute Gasteiger partial charge is 0.348 e. The van der Waals surface area contributed by atoms with Crippen LogP contribution in [0.4, 0.5) is 18.3 Å². The molecule has 0 radical (unpaired) electrons. The zero-order valence-electron chi connectivity index (χ0n) is 13.9. The third-order valence-corrected chi connectivity index (χ3v) is 7.19. The van der Waals surface area contributed by atoms with Crippen molar-refractivity contribution in [2.24, 2.45) is 5.14 Å². The lowest BCUT2D eigenvalue weighted by molar-refractivity contribution is -0.137. The molecule has 0 saturated heterocycles. The molecule has 0 bridgehead atoms. The summed E-state index contributed by atoms with van der Waals surface area (Å²) in [7, 11) is -1.98. The van der Waals surface area contributed by atoms with E-state index in [1.54, 1.807) is 0 Å². The fourth-order valence-electron chi connectivity index (χ4n) is 3.40. The van der Waals surface area contributed by atoms with Gasteiger partial charge in [-0.05, 0) is 30.5 Å². The highest BCUT2D eigenvalue weighted by Crippen LogP contribution is 2.41. The first kappa shape index (κ1) is 19.1. The second-order valence-corrected chi connectivity index (χ2v) is 9.14. The number of primary sulfonamides is 1. The quantitative estimate of drug-likeness (QED) is 0.844. The minimum Gasteiger partial charge on any atom is -0.348 e.